The van der Waals surface area contributed by atoms with Crippen LogP contribution in [-0.4, -0.2) is 49.3 Å². The van der Waals surface area contributed by atoms with E-state index in [-0.39, 0.29) is 32.6 Å². The third-order valence-electron chi connectivity index (χ3n) is 8.55. The molecule has 0 amide bonds. The van der Waals surface area contributed by atoms with Gasteiger partial charge in [0.25, 0.3) is 0 Å². The summed E-state index contributed by atoms with van der Waals surface area (Å²) in [6, 6.07) is 0. The Kier molecular flexibility index (Phi) is 39.2. The molecule has 9 nitrogen and oxygen atoms in total. The largest absolute Gasteiger partial charge is 0.472 e. The molecule has 0 radical (unpaired) electrons. The number of esters is 2. The maximum atomic E-state index is 12.6. The second-order valence-electron chi connectivity index (χ2n) is 13.8. The Balaban J connectivity index is 4.30. The van der Waals surface area contributed by atoms with Gasteiger partial charge in [-0.3, -0.25) is 18.6 Å². The predicted molar refractivity (Wildman–Crippen MR) is 229 cm³/mol. The van der Waals surface area contributed by atoms with E-state index in [0.717, 1.165) is 64.2 Å². The van der Waals surface area contributed by atoms with Crippen molar-refractivity contribution in [2.24, 2.45) is 5.73 Å². The maximum absolute atomic E-state index is 12.6. The smallest absolute Gasteiger partial charge is 0.462 e. The summed E-state index contributed by atoms with van der Waals surface area (Å²) in [5.41, 5.74) is 5.34. The van der Waals surface area contributed by atoms with Crippen molar-refractivity contribution < 1.29 is 37.6 Å². The number of phosphoric acid groups is 1. The van der Waals surface area contributed by atoms with Crippen LogP contribution in [0.1, 0.15) is 168 Å². The third kappa shape index (κ3) is 40.9. The number of allylic oxidation sites excluding steroid dienone is 12. The minimum atomic E-state index is -4.40. The van der Waals surface area contributed by atoms with Crippen LogP contribution in [0.2, 0.25) is 0 Å². The average Bonchev–Trinajstić information content (AvgIpc) is 3.17. The Hall–Kier alpha value is -2.55. The van der Waals surface area contributed by atoms with E-state index < -0.39 is 32.5 Å². The first kappa shape index (κ1) is 52.5. The maximum Gasteiger partial charge on any atom is 0.472 e. The summed E-state index contributed by atoms with van der Waals surface area (Å²) in [4.78, 5) is 34.8. The van der Waals surface area contributed by atoms with Gasteiger partial charge in [0.05, 0.1) is 13.2 Å². The van der Waals surface area contributed by atoms with E-state index in [2.05, 4.69) is 86.8 Å². The first-order valence-electron chi connectivity index (χ1n) is 21.4. The van der Waals surface area contributed by atoms with Crippen LogP contribution < -0.4 is 5.73 Å². The average molecular weight is 792 g/mol. The number of hydrogen-bond donors (Lipinski definition) is 2. The van der Waals surface area contributed by atoms with Crippen molar-refractivity contribution >= 4 is 19.8 Å². The fraction of sp³-hybridized carbons (Fsp3) is 0.689. The Morgan fingerprint density at radius 2 is 1.00 bits per heavy atom. The molecule has 55 heavy (non-hydrogen) atoms. The van der Waals surface area contributed by atoms with Crippen LogP contribution in [0, 0.1) is 0 Å². The van der Waals surface area contributed by atoms with Crippen LogP contribution in [-0.2, 0) is 32.7 Å². The van der Waals surface area contributed by atoms with E-state index in [1.807, 2.05) is 0 Å². The lowest BCUT2D eigenvalue weighted by Crippen LogP contribution is -2.29. The molecule has 0 fully saturated rings. The van der Waals surface area contributed by atoms with Crippen molar-refractivity contribution in [1.82, 2.24) is 0 Å². The van der Waals surface area contributed by atoms with Crippen molar-refractivity contribution in [3.8, 4) is 0 Å². The van der Waals surface area contributed by atoms with Crippen molar-refractivity contribution in [3.63, 3.8) is 0 Å². The van der Waals surface area contributed by atoms with Gasteiger partial charge in [-0.1, -0.05) is 151 Å². The van der Waals surface area contributed by atoms with E-state index in [1.165, 1.54) is 64.2 Å². The highest BCUT2D eigenvalue weighted by molar-refractivity contribution is 7.47. The van der Waals surface area contributed by atoms with Gasteiger partial charge in [0.1, 0.15) is 6.61 Å². The monoisotopic (exact) mass is 792 g/mol. The van der Waals surface area contributed by atoms with E-state index >= 15 is 0 Å². The Labute approximate surface area is 335 Å². The fourth-order valence-electron chi connectivity index (χ4n) is 5.37. The van der Waals surface area contributed by atoms with Gasteiger partial charge < -0.3 is 20.1 Å². The molecule has 316 valence electrons. The van der Waals surface area contributed by atoms with Gasteiger partial charge in [-0.2, -0.15) is 0 Å². The number of carbonyl (C=O) groups excluding carboxylic acids is 2. The number of nitrogens with two attached hydrogens (primary N) is 1. The highest BCUT2D eigenvalue weighted by Gasteiger charge is 2.25. The lowest BCUT2D eigenvalue weighted by Gasteiger charge is -2.19. The second kappa shape index (κ2) is 41.1. The lowest BCUT2D eigenvalue weighted by molar-refractivity contribution is -0.161. The first-order valence-corrected chi connectivity index (χ1v) is 22.9. The van der Waals surface area contributed by atoms with Gasteiger partial charge in [0, 0.05) is 19.4 Å². The molecule has 0 saturated heterocycles. The summed E-state index contributed by atoms with van der Waals surface area (Å²) in [5, 5.41) is 0. The molecule has 0 bridgehead atoms. The van der Waals surface area contributed by atoms with Gasteiger partial charge in [0.15, 0.2) is 6.10 Å². The molecule has 3 N–H and O–H groups in total. The van der Waals surface area contributed by atoms with Gasteiger partial charge in [-0.15, -0.1) is 0 Å². The van der Waals surface area contributed by atoms with Gasteiger partial charge >= 0.3 is 19.8 Å². The summed E-state index contributed by atoms with van der Waals surface area (Å²) in [5.74, 6) is -0.924. The minimum Gasteiger partial charge on any atom is -0.462 e. The second-order valence-corrected chi connectivity index (χ2v) is 15.3. The molecule has 0 aromatic heterocycles. The van der Waals surface area contributed by atoms with Crippen LogP contribution in [0.25, 0.3) is 0 Å². The molecule has 0 aromatic carbocycles. The number of ether oxygens (including phenoxy) is 2. The Bertz CT molecular complexity index is 1130. The molecule has 2 atom stereocenters. The quantitative estimate of drug-likeness (QED) is 0.0270. The zero-order chi connectivity index (χ0) is 40.3. The number of hydrogen-bond acceptors (Lipinski definition) is 8. The number of rotatable bonds is 39. The van der Waals surface area contributed by atoms with Crippen molar-refractivity contribution in [2.45, 2.75) is 174 Å². The molecule has 10 heteroatoms. The molecule has 0 aliphatic rings. The SMILES string of the molecule is CCC/C=C/C/C=C/C/C=C/C/C=C/CCCCCC(=O)O[C@H](COC(=O)CCC/C=C/C/C=C/CCCCCCCCCCC)COP(=O)(O)OCCN. The van der Waals surface area contributed by atoms with Crippen molar-refractivity contribution in [1.29, 1.82) is 0 Å². The molecule has 1 unspecified atom stereocenters. The summed E-state index contributed by atoms with van der Waals surface area (Å²) in [7, 11) is -4.40. The molecule has 0 rings (SSSR count). The fourth-order valence-corrected chi connectivity index (χ4v) is 6.13. The Morgan fingerprint density at radius 1 is 0.545 bits per heavy atom. The molecular formula is C45H78NO8P. The van der Waals surface area contributed by atoms with E-state index in [1.54, 1.807) is 0 Å². The molecule has 0 spiro atoms. The van der Waals surface area contributed by atoms with Gasteiger partial charge in [-0.05, 0) is 77.0 Å². The predicted octanol–water partition coefficient (Wildman–Crippen LogP) is 12.3. The molecule has 0 aromatic rings. The minimum absolute atomic E-state index is 0.0392. The first-order chi connectivity index (χ1) is 26.8. The van der Waals surface area contributed by atoms with E-state index in [0.29, 0.717) is 12.8 Å². The van der Waals surface area contributed by atoms with Crippen LogP contribution >= 0.6 is 7.82 Å². The van der Waals surface area contributed by atoms with Crippen molar-refractivity contribution in [2.75, 3.05) is 26.4 Å². The number of phosphoric ester groups is 1. The zero-order valence-electron chi connectivity index (χ0n) is 34.6. The van der Waals surface area contributed by atoms with Crippen LogP contribution in [0.4, 0.5) is 0 Å². The molecule has 0 aliphatic carbocycles. The van der Waals surface area contributed by atoms with E-state index in [9.17, 15) is 19.0 Å². The summed E-state index contributed by atoms with van der Waals surface area (Å²) in [6.45, 7) is 3.56. The number of unbranched alkanes of at least 4 members (excludes halogenated alkanes) is 14. The van der Waals surface area contributed by atoms with Crippen LogP contribution in [0.3, 0.4) is 0 Å². The zero-order valence-corrected chi connectivity index (χ0v) is 35.5. The van der Waals surface area contributed by atoms with Gasteiger partial charge in [-0.25, -0.2) is 4.57 Å². The highest BCUT2D eigenvalue weighted by Crippen LogP contribution is 2.43. The molecule has 0 heterocycles. The molecular weight excluding hydrogens is 713 g/mol. The lowest BCUT2D eigenvalue weighted by atomic mass is 10.1. The summed E-state index contributed by atoms with van der Waals surface area (Å²) < 4.78 is 32.7. The molecule has 0 saturated carbocycles. The van der Waals surface area contributed by atoms with Crippen LogP contribution in [0.15, 0.2) is 72.9 Å². The number of carbonyl (C=O) groups is 2. The van der Waals surface area contributed by atoms with E-state index in [4.69, 9.17) is 24.3 Å². The summed E-state index contributed by atoms with van der Waals surface area (Å²) in [6.07, 6.45) is 49.4. The standard InChI is InChI=1S/C45H78NO8P/c1-3-5-7-9-11-13-15-17-19-21-23-25-27-29-31-33-35-37-44(47)51-41-43(42-53-55(49,50)52-40-39-46)54-45(48)38-36-34-32-30-28-26-24-22-20-18-16-14-12-10-8-6-4-2/h8,10,14,16,20,22-23,25-26,28-29,31,43H,3-7,9,11-13,15,17-19,21,24,27,30,32-42,46H2,1-2H3,(H,49,50)/b10-8+,16-14+,22-20+,25-23+,28-26+,31-29+/t43-/m1/s1. The third-order valence-corrected chi connectivity index (χ3v) is 9.53. The van der Waals surface area contributed by atoms with Crippen LogP contribution in [0.5, 0.6) is 0 Å². The molecule has 0 aliphatic heterocycles. The Morgan fingerprint density at radius 3 is 1.53 bits per heavy atom. The summed E-state index contributed by atoms with van der Waals surface area (Å²) >= 11 is 0. The normalized spacial score (nSPS) is 14.0. The highest BCUT2D eigenvalue weighted by atomic mass is 31.2. The van der Waals surface area contributed by atoms with Gasteiger partial charge in [0.2, 0.25) is 0 Å². The van der Waals surface area contributed by atoms with Crippen molar-refractivity contribution in [3.05, 3.63) is 72.9 Å². The topological polar surface area (TPSA) is 134 Å².